The molecule has 112 valence electrons. The summed E-state index contributed by atoms with van der Waals surface area (Å²) in [6, 6.07) is 4.64. The van der Waals surface area contributed by atoms with Crippen LogP contribution in [0, 0.1) is 0 Å². The van der Waals surface area contributed by atoms with Gasteiger partial charge in [-0.2, -0.15) is 0 Å². The lowest BCUT2D eigenvalue weighted by molar-refractivity contribution is 0.0784. The van der Waals surface area contributed by atoms with Crippen LogP contribution in [0.3, 0.4) is 0 Å². The number of morpholine rings is 1. The number of rotatable bonds is 5. The summed E-state index contributed by atoms with van der Waals surface area (Å²) in [5.74, 6) is 0.589. The Balaban J connectivity index is 2.04. The second kappa shape index (κ2) is 6.86. The van der Waals surface area contributed by atoms with Crippen molar-refractivity contribution in [2.24, 2.45) is 0 Å². The molecule has 2 N–H and O–H groups in total. The summed E-state index contributed by atoms with van der Waals surface area (Å²) >= 11 is 3.28. The van der Waals surface area contributed by atoms with E-state index in [1.54, 1.807) is 6.07 Å². The van der Waals surface area contributed by atoms with Crippen molar-refractivity contribution in [3.63, 3.8) is 0 Å². The standard InChI is InChI=1S/C12H17BrN2O4S/c1-18-12-3-2-10(6-11(12)13)20(16,17)15-7-9-8-19-5-4-14-9/h2-3,6,9,14-15H,4-5,7-8H2,1H3. The molecule has 2 rings (SSSR count). The molecule has 6 nitrogen and oxygen atoms in total. The predicted octanol–water partition coefficient (Wildman–Crippen LogP) is 0.724. The molecular weight excluding hydrogens is 348 g/mol. The second-order valence-corrected chi connectivity index (χ2v) is 7.00. The van der Waals surface area contributed by atoms with Crippen LogP contribution < -0.4 is 14.8 Å². The van der Waals surface area contributed by atoms with E-state index < -0.39 is 10.0 Å². The fraction of sp³-hybridized carbons (Fsp3) is 0.500. The average Bonchev–Trinajstić information content (AvgIpc) is 2.46. The number of halogens is 1. The van der Waals surface area contributed by atoms with Crippen LogP contribution in [0.2, 0.25) is 0 Å². The van der Waals surface area contributed by atoms with Crippen molar-refractivity contribution >= 4 is 26.0 Å². The summed E-state index contributed by atoms with van der Waals surface area (Å²) in [7, 11) is -2.01. The van der Waals surface area contributed by atoms with E-state index in [9.17, 15) is 8.42 Å². The molecule has 0 radical (unpaired) electrons. The number of ether oxygens (including phenoxy) is 2. The van der Waals surface area contributed by atoms with Gasteiger partial charge in [-0.15, -0.1) is 0 Å². The molecule has 0 saturated carbocycles. The molecule has 1 atom stereocenters. The molecule has 0 bridgehead atoms. The van der Waals surface area contributed by atoms with Gasteiger partial charge < -0.3 is 14.8 Å². The van der Waals surface area contributed by atoms with Crippen molar-refractivity contribution in [1.29, 1.82) is 0 Å². The SMILES string of the molecule is COc1ccc(S(=O)(=O)NCC2COCCN2)cc1Br. The number of sulfonamides is 1. The molecule has 8 heteroatoms. The molecular formula is C12H17BrN2O4S. The predicted molar refractivity (Wildman–Crippen MR) is 78.5 cm³/mol. The molecule has 1 saturated heterocycles. The first-order valence-electron chi connectivity index (χ1n) is 6.17. The number of nitrogens with one attached hydrogen (secondary N) is 2. The van der Waals surface area contributed by atoms with E-state index in [4.69, 9.17) is 9.47 Å². The quantitative estimate of drug-likeness (QED) is 0.805. The van der Waals surface area contributed by atoms with Gasteiger partial charge in [0.1, 0.15) is 5.75 Å². The molecule has 20 heavy (non-hydrogen) atoms. The summed E-state index contributed by atoms with van der Waals surface area (Å²) in [6.45, 7) is 2.20. The van der Waals surface area contributed by atoms with Crippen LogP contribution in [0.5, 0.6) is 5.75 Å². The number of benzene rings is 1. The normalized spacial score (nSPS) is 19.8. The van der Waals surface area contributed by atoms with Crippen molar-refractivity contribution in [3.8, 4) is 5.75 Å². The summed E-state index contributed by atoms with van der Waals surface area (Å²) in [6.07, 6.45) is 0. The van der Waals surface area contributed by atoms with Crippen molar-refractivity contribution < 1.29 is 17.9 Å². The molecule has 0 aliphatic carbocycles. The van der Waals surface area contributed by atoms with E-state index in [-0.39, 0.29) is 10.9 Å². The number of hydrogen-bond donors (Lipinski definition) is 2. The smallest absolute Gasteiger partial charge is 0.240 e. The summed E-state index contributed by atoms with van der Waals surface area (Å²) in [4.78, 5) is 0.196. The van der Waals surface area contributed by atoms with Gasteiger partial charge in [0, 0.05) is 19.1 Å². The monoisotopic (exact) mass is 364 g/mol. The minimum Gasteiger partial charge on any atom is -0.496 e. The van der Waals surface area contributed by atoms with Gasteiger partial charge in [-0.1, -0.05) is 0 Å². The Kier molecular flexibility index (Phi) is 5.39. The molecule has 1 unspecified atom stereocenters. The summed E-state index contributed by atoms with van der Waals surface area (Å²) in [5.41, 5.74) is 0. The molecule has 1 aliphatic rings. The first-order chi connectivity index (χ1) is 9.53. The fourth-order valence-corrected chi connectivity index (χ4v) is 3.66. The largest absolute Gasteiger partial charge is 0.496 e. The van der Waals surface area contributed by atoms with Gasteiger partial charge in [-0.25, -0.2) is 13.1 Å². The van der Waals surface area contributed by atoms with Crippen LogP contribution >= 0.6 is 15.9 Å². The molecule has 1 heterocycles. The van der Waals surface area contributed by atoms with Gasteiger partial charge in [0.05, 0.1) is 29.7 Å². The highest BCUT2D eigenvalue weighted by molar-refractivity contribution is 9.10. The first-order valence-corrected chi connectivity index (χ1v) is 8.45. The van der Waals surface area contributed by atoms with E-state index in [0.29, 0.717) is 30.0 Å². The van der Waals surface area contributed by atoms with Crippen LogP contribution in [0.25, 0.3) is 0 Å². The van der Waals surface area contributed by atoms with Gasteiger partial charge in [0.2, 0.25) is 10.0 Å². The summed E-state index contributed by atoms with van der Waals surface area (Å²) < 4.78 is 37.9. The van der Waals surface area contributed by atoms with Crippen LogP contribution in [0.4, 0.5) is 0 Å². The number of hydrogen-bond acceptors (Lipinski definition) is 5. The highest BCUT2D eigenvalue weighted by atomic mass is 79.9. The zero-order chi connectivity index (χ0) is 14.6. The van der Waals surface area contributed by atoms with E-state index in [1.165, 1.54) is 19.2 Å². The lowest BCUT2D eigenvalue weighted by Crippen LogP contribution is -2.48. The van der Waals surface area contributed by atoms with Gasteiger partial charge in [-0.3, -0.25) is 0 Å². The van der Waals surface area contributed by atoms with Crippen LogP contribution in [0.15, 0.2) is 27.6 Å². The maximum absolute atomic E-state index is 12.2. The summed E-state index contributed by atoms with van der Waals surface area (Å²) in [5, 5.41) is 3.19. The van der Waals surface area contributed by atoms with Gasteiger partial charge in [0.25, 0.3) is 0 Å². The lowest BCUT2D eigenvalue weighted by Gasteiger charge is -2.23. The first kappa shape index (κ1) is 15.7. The second-order valence-electron chi connectivity index (χ2n) is 4.37. The zero-order valence-corrected chi connectivity index (χ0v) is 13.5. The maximum atomic E-state index is 12.2. The molecule has 1 aromatic carbocycles. The Morgan fingerprint density at radius 1 is 1.55 bits per heavy atom. The average molecular weight is 365 g/mol. The van der Waals surface area contributed by atoms with Crippen molar-refractivity contribution in [3.05, 3.63) is 22.7 Å². The minimum atomic E-state index is -3.54. The van der Waals surface area contributed by atoms with Crippen LogP contribution in [-0.2, 0) is 14.8 Å². The van der Waals surface area contributed by atoms with Gasteiger partial charge >= 0.3 is 0 Å². The number of methoxy groups -OCH3 is 1. The third-order valence-corrected chi connectivity index (χ3v) is 4.99. The van der Waals surface area contributed by atoms with Crippen molar-refractivity contribution in [2.75, 3.05) is 33.4 Å². The van der Waals surface area contributed by atoms with Gasteiger partial charge in [0.15, 0.2) is 0 Å². The van der Waals surface area contributed by atoms with Gasteiger partial charge in [-0.05, 0) is 34.1 Å². The molecule has 1 aliphatic heterocycles. The van der Waals surface area contributed by atoms with E-state index >= 15 is 0 Å². The van der Waals surface area contributed by atoms with Crippen LogP contribution in [-0.4, -0.2) is 47.9 Å². The third kappa shape index (κ3) is 3.92. The van der Waals surface area contributed by atoms with E-state index in [2.05, 4.69) is 26.0 Å². The highest BCUT2D eigenvalue weighted by Gasteiger charge is 2.19. The molecule has 0 aromatic heterocycles. The Hall–Kier alpha value is -0.670. The molecule has 1 aromatic rings. The highest BCUT2D eigenvalue weighted by Crippen LogP contribution is 2.27. The Bertz CT molecular complexity index is 559. The topological polar surface area (TPSA) is 76.7 Å². The van der Waals surface area contributed by atoms with Crippen molar-refractivity contribution in [2.45, 2.75) is 10.9 Å². The Labute approximate surface area is 127 Å². The van der Waals surface area contributed by atoms with E-state index in [1.807, 2.05) is 0 Å². The lowest BCUT2D eigenvalue weighted by atomic mass is 10.3. The van der Waals surface area contributed by atoms with Crippen molar-refractivity contribution in [1.82, 2.24) is 10.0 Å². The zero-order valence-electron chi connectivity index (χ0n) is 11.1. The molecule has 0 spiro atoms. The molecule has 1 fully saturated rings. The third-order valence-electron chi connectivity index (χ3n) is 2.95. The van der Waals surface area contributed by atoms with Crippen LogP contribution in [0.1, 0.15) is 0 Å². The minimum absolute atomic E-state index is 0.000198. The Morgan fingerprint density at radius 2 is 2.35 bits per heavy atom. The molecule has 0 amide bonds. The maximum Gasteiger partial charge on any atom is 0.240 e. The van der Waals surface area contributed by atoms with E-state index in [0.717, 1.165) is 6.54 Å². The Morgan fingerprint density at radius 3 is 2.95 bits per heavy atom. The fourth-order valence-electron chi connectivity index (χ4n) is 1.86.